The number of likely N-dealkylation sites (tertiary alicyclic amines) is 1. The molecule has 2 fully saturated rings. The fourth-order valence-electron chi connectivity index (χ4n) is 5.01. The van der Waals surface area contributed by atoms with Crippen LogP contribution in [0.25, 0.3) is 0 Å². The zero-order valence-corrected chi connectivity index (χ0v) is 20.6. The van der Waals surface area contributed by atoms with Crippen molar-refractivity contribution in [3.63, 3.8) is 0 Å². The van der Waals surface area contributed by atoms with Gasteiger partial charge in [0.05, 0.1) is 12.0 Å². The molecule has 1 atom stereocenters. The first-order valence-electron chi connectivity index (χ1n) is 12.6. The summed E-state index contributed by atoms with van der Waals surface area (Å²) in [6.07, 6.45) is 8.66. The maximum atomic E-state index is 11.4. The molecule has 11 nitrogen and oxygen atoms in total. The standard InChI is InChI=1S/C24H36N8O3/c1-3-31-13-7-10-19(31)16-26-23-28-22(25-15-17-8-5-4-6-9-17)29-24(30-23)27-18-11-12-21(35-2)20(14-18)32(33)34/h11-12,14,17,19H,3-10,13,15-16H2,1-2H3,(H3,25,26,27,28,29,30). The Morgan fingerprint density at radius 3 is 2.43 bits per heavy atom. The van der Waals surface area contributed by atoms with Gasteiger partial charge in [-0.3, -0.25) is 15.0 Å². The summed E-state index contributed by atoms with van der Waals surface area (Å²) in [5, 5.41) is 21.3. The molecule has 0 radical (unpaired) electrons. The number of anilines is 4. The smallest absolute Gasteiger partial charge is 0.312 e. The van der Waals surface area contributed by atoms with Crippen molar-refractivity contribution in [1.29, 1.82) is 0 Å². The van der Waals surface area contributed by atoms with Crippen LogP contribution in [0, 0.1) is 16.0 Å². The van der Waals surface area contributed by atoms with E-state index >= 15 is 0 Å². The third-order valence-corrected chi connectivity index (χ3v) is 6.94. The lowest BCUT2D eigenvalue weighted by molar-refractivity contribution is -0.385. The monoisotopic (exact) mass is 484 g/mol. The fourth-order valence-corrected chi connectivity index (χ4v) is 5.01. The van der Waals surface area contributed by atoms with E-state index in [1.54, 1.807) is 12.1 Å². The molecule has 190 valence electrons. The highest BCUT2D eigenvalue weighted by atomic mass is 16.6. The van der Waals surface area contributed by atoms with Crippen LogP contribution in [0.5, 0.6) is 5.75 Å². The van der Waals surface area contributed by atoms with E-state index in [9.17, 15) is 10.1 Å². The van der Waals surface area contributed by atoms with Gasteiger partial charge in [-0.05, 0) is 56.8 Å². The number of benzene rings is 1. The van der Waals surface area contributed by atoms with E-state index in [1.165, 1.54) is 51.7 Å². The van der Waals surface area contributed by atoms with E-state index in [-0.39, 0.29) is 11.4 Å². The van der Waals surface area contributed by atoms with Gasteiger partial charge in [-0.15, -0.1) is 0 Å². The maximum Gasteiger partial charge on any atom is 0.312 e. The van der Waals surface area contributed by atoms with Crippen LogP contribution in [-0.4, -0.2) is 64.1 Å². The van der Waals surface area contributed by atoms with Gasteiger partial charge in [-0.2, -0.15) is 15.0 Å². The van der Waals surface area contributed by atoms with Gasteiger partial charge in [0.2, 0.25) is 17.8 Å². The first-order valence-corrected chi connectivity index (χ1v) is 12.6. The fraction of sp³-hybridized carbons (Fsp3) is 0.625. The summed E-state index contributed by atoms with van der Waals surface area (Å²) in [6, 6.07) is 5.14. The van der Waals surface area contributed by atoms with E-state index in [4.69, 9.17) is 4.74 Å². The molecule has 1 saturated carbocycles. The van der Waals surface area contributed by atoms with E-state index in [0.29, 0.717) is 35.5 Å². The van der Waals surface area contributed by atoms with Crippen LogP contribution in [0.1, 0.15) is 51.9 Å². The molecular formula is C24H36N8O3. The third kappa shape index (κ3) is 6.68. The van der Waals surface area contributed by atoms with Gasteiger partial charge >= 0.3 is 5.69 Å². The number of rotatable bonds is 11. The van der Waals surface area contributed by atoms with Crippen LogP contribution in [0.3, 0.4) is 0 Å². The van der Waals surface area contributed by atoms with Gasteiger partial charge in [0, 0.05) is 30.9 Å². The summed E-state index contributed by atoms with van der Waals surface area (Å²) in [6.45, 7) is 5.92. The Balaban J connectivity index is 1.51. The molecule has 2 aromatic rings. The quantitative estimate of drug-likeness (QED) is 0.311. The van der Waals surface area contributed by atoms with Crippen LogP contribution in [0.2, 0.25) is 0 Å². The molecule has 1 aliphatic carbocycles. The zero-order chi connectivity index (χ0) is 24.6. The van der Waals surface area contributed by atoms with Crippen molar-refractivity contribution in [2.75, 3.05) is 49.2 Å². The Morgan fingerprint density at radius 2 is 1.74 bits per heavy atom. The van der Waals surface area contributed by atoms with Crippen LogP contribution in [-0.2, 0) is 0 Å². The van der Waals surface area contributed by atoms with Crippen molar-refractivity contribution >= 4 is 29.2 Å². The maximum absolute atomic E-state index is 11.4. The number of nitrogens with one attached hydrogen (secondary N) is 3. The zero-order valence-electron chi connectivity index (χ0n) is 20.6. The summed E-state index contributed by atoms with van der Waals surface area (Å²) < 4.78 is 5.10. The first kappa shape index (κ1) is 24.9. The second-order valence-electron chi connectivity index (χ2n) is 9.27. The molecule has 2 heterocycles. The number of hydrogen-bond donors (Lipinski definition) is 3. The van der Waals surface area contributed by atoms with Crippen LogP contribution < -0.4 is 20.7 Å². The number of methoxy groups -OCH3 is 1. The van der Waals surface area contributed by atoms with Crippen molar-refractivity contribution in [3.05, 3.63) is 28.3 Å². The average molecular weight is 485 g/mol. The predicted octanol–water partition coefficient (Wildman–Crippen LogP) is 4.42. The summed E-state index contributed by atoms with van der Waals surface area (Å²) in [5.74, 6) is 2.13. The molecule has 1 saturated heterocycles. The number of aromatic nitrogens is 3. The van der Waals surface area contributed by atoms with Gasteiger partial charge in [0.1, 0.15) is 0 Å². The first-order chi connectivity index (χ1) is 17.1. The van der Waals surface area contributed by atoms with Gasteiger partial charge in [-0.25, -0.2) is 0 Å². The molecule has 1 aliphatic heterocycles. The van der Waals surface area contributed by atoms with Gasteiger partial charge in [0.15, 0.2) is 5.75 Å². The van der Waals surface area contributed by atoms with E-state index in [2.05, 4.69) is 42.7 Å². The van der Waals surface area contributed by atoms with Crippen molar-refractivity contribution in [2.24, 2.45) is 5.92 Å². The highest BCUT2D eigenvalue weighted by Crippen LogP contribution is 2.31. The topological polar surface area (TPSA) is 130 Å². The number of nitro groups is 1. The minimum atomic E-state index is -0.470. The Labute approximate surface area is 206 Å². The minimum Gasteiger partial charge on any atom is -0.490 e. The molecule has 0 spiro atoms. The average Bonchev–Trinajstić information content (AvgIpc) is 3.34. The Hall–Kier alpha value is -3.21. The Morgan fingerprint density at radius 1 is 1.03 bits per heavy atom. The molecule has 0 bridgehead atoms. The van der Waals surface area contributed by atoms with Crippen molar-refractivity contribution in [2.45, 2.75) is 57.9 Å². The van der Waals surface area contributed by atoms with Crippen LogP contribution in [0.4, 0.5) is 29.2 Å². The highest BCUT2D eigenvalue weighted by molar-refractivity contribution is 5.63. The van der Waals surface area contributed by atoms with E-state index < -0.39 is 4.92 Å². The van der Waals surface area contributed by atoms with E-state index in [0.717, 1.165) is 32.6 Å². The second kappa shape index (κ2) is 12.0. The molecule has 1 aromatic carbocycles. The molecular weight excluding hydrogens is 448 g/mol. The normalized spacial score (nSPS) is 18.9. The molecule has 1 aromatic heterocycles. The van der Waals surface area contributed by atoms with Gasteiger partial charge in [0.25, 0.3) is 0 Å². The molecule has 11 heteroatoms. The van der Waals surface area contributed by atoms with Gasteiger partial charge in [-0.1, -0.05) is 26.2 Å². The van der Waals surface area contributed by atoms with Crippen LogP contribution in [0.15, 0.2) is 18.2 Å². The molecule has 1 unspecified atom stereocenters. The third-order valence-electron chi connectivity index (χ3n) is 6.94. The summed E-state index contributed by atoms with van der Waals surface area (Å²) in [4.78, 5) is 27.1. The minimum absolute atomic E-state index is 0.124. The molecule has 2 aliphatic rings. The summed E-state index contributed by atoms with van der Waals surface area (Å²) in [7, 11) is 1.41. The lowest BCUT2D eigenvalue weighted by Crippen LogP contribution is -2.35. The number of likely N-dealkylation sites (N-methyl/N-ethyl adjacent to an activating group) is 1. The van der Waals surface area contributed by atoms with Crippen molar-refractivity contribution in [3.8, 4) is 5.75 Å². The second-order valence-corrected chi connectivity index (χ2v) is 9.27. The Bertz CT molecular complexity index is 999. The molecule has 3 N–H and O–H groups in total. The van der Waals surface area contributed by atoms with Gasteiger partial charge < -0.3 is 20.7 Å². The number of nitrogens with zero attached hydrogens (tertiary/aromatic N) is 5. The van der Waals surface area contributed by atoms with E-state index in [1.807, 2.05) is 0 Å². The summed E-state index contributed by atoms with van der Waals surface area (Å²) >= 11 is 0. The predicted molar refractivity (Wildman–Crippen MR) is 137 cm³/mol. The van der Waals surface area contributed by atoms with Crippen LogP contribution >= 0.6 is 0 Å². The largest absolute Gasteiger partial charge is 0.490 e. The molecule has 35 heavy (non-hydrogen) atoms. The van der Waals surface area contributed by atoms with Crippen molar-refractivity contribution in [1.82, 2.24) is 19.9 Å². The molecule has 4 rings (SSSR count). The Kier molecular flexibility index (Phi) is 8.51. The number of nitro benzene ring substituents is 1. The number of ether oxygens (including phenoxy) is 1. The SMILES string of the molecule is CCN1CCCC1CNc1nc(NCC2CCCCC2)nc(Nc2ccc(OC)c([N+](=O)[O-])c2)n1. The lowest BCUT2D eigenvalue weighted by atomic mass is 9.89. The summed E-state index contributed by atoms with van der Waals surface area (Å²) in [5.41, 5.74) is 0.377. The van der Waals surface area contributed by atoms with Crippen molar-refractivity contribution < 1.29 is 9.66 Å². The number of hydrogen-bond acceptors (Lipinski definition) is 10. The highest BCUT2D eigenvalue weighted by Gasteiger charge is 2.23. The molecule has 0 amide bonds. The lowest BCUT2D eigenvalue weighted by Gasteiger charge is -2.23.